The van der Waals surface area contributed by atoms with Gasteiger partial charge in [-0.15, -0.1) is 0 Å². The minimum Gasteiger partial charge on any atom is -0.188 e. The van der Waals surface area contributed by atoms with E-state index < -0.39 is 0 Å². The Labute approximate surface area is 90.1 Å². The van der Waals surface area contributed by atoms with Crippen LogP contribution in [0, 0.1) is 0 Å². The summed E-state index contributed by atoms with van der Waals surface area (Å²) in [7, 11) is 1.86. The minimum atomic E-state index is 0.238. The van der Waals surface area contributed by atoms with Crippen molar-refractivity contribution in [3.8, 4) is 0 Å². The SMILES string of the molecule is CC1=NN(C)N=C(C)C1c1ccccc1. The number of hydrazone groups is 2. The van der Waals surface area contributed by atoms with Gasteiger partial charge >= 0.3 is 0 Å². The van der Waals surface area contributed by atoms with Crippen LogP contribution in [0.2, 0.25) is 0 Å². The van der Waals surface area contributed by atoms with E-state index in [1.807, 2.05) is 39.1 Å². The van der Waals surface area contributed by atoms with Crippen molar-refractivity contribution in [2.45, 2.75) is 19.8 Å². The van der Waals surface area contributed by atoms with E-state index in [1.165, 1.54) is 5.56 Å². The summed E-state index contributed by atoms with van der Waals surface area (Å²) >= 11 is 0. The van der Waals surface area contributed by atoms with Gasteiger partial charge < -0.3 is 0 Å². The van der Waals surface area contributed by atoms with Crippen LogP contribution in [0.4, 0.5) is 0 Å². The molecule has 15 heavy (non-hydrogen) atoms. The van der Waals surface area contributed by atoms with Crippen LogP contribution in [0.3, 0.4) is 0 Å². The fourth-order valence-electron chi connectivity index (χ4n) is 2.02. The van der Waals surface area contributed by atoms with Gasteiger partial charge in [0.2, 0.25) is 0 Å². The van der Waals surface area contributed by atoms with E-state index in [-0.39, 0.29) is 5.92 Å². The maximum Gasteiger partial charge on any atom is 0.0638 e. The highest BCUT2D eigenvalue weighted by Crippen LogP contribution is 2.22. The molecular weight excluding hydrogens is 186 g/mol. The second kappa shape index (κ2) is 3.85. The van der Waals surface area contributed by atoms with Crippen LogP contribution in [0.15, 0.2) is 40.5 Å². The van der Waals surface area contributed by atoms with Gasteiger partial charge in [-0.25, -0.2) is 0 Å². The molecule has 3 heteroatoms. The first-order valence-corrected chi connectivity index (χ1v) is 5.07. The Hall–Kier alpha value is -1.64. The molecule has 0 atom stereocenters. The molecule has 1 aliphatic rings. The van der Waals surface area contributed by atoms with Crippen LogP contribution >= 0.6 is 0 Å². The highest BCUT2D eigenvalue weighted by atomic mass is 15.7. The van der Waals surface area contributed by atoms with Gasteiger partial charge in [-0.3, -0.25) is 0 Å². The first-order chi connectivity index (χ1) is 7.18. The normalized spacial score (nSPS) is 17.4. The summed E-state index contributed by atoms with van der Waals surface area (Å²) in [5, 5.41) is 10.3. The van der Waals surface area contributed by atoms with Gasteiger partial charge in [0, 0.05) is 7.05 Å². The van der Waals surface area contributed by atoms with E-state index >= 15 is 0 Å². The Balaban J connectivity index is 2.38. The fraction of sp³-hybridized carbons (Fsp3) is 0.333. The average molecular weight is 201 g/mol. The number of hydrogen-bond donors (Lipinski definition) is 0. The van der Waals surface area contributed by atoms with Crippen molar-refractivity contribution in [2.75, 3.05) is 7.05 Å². The lowest BCUT2D eigenvalue weighted by Gasteiger charge is -2.24. The van der Waals surface area contributed by atoms with Crippen molar-refractivity contribution in [2.24, 2.45) is 10.2 Å². The summed E-state index contributed by atoms with van der Waals surface area (Å²) in [6.45, 7) is 4.10. The number of hydrogen-bond acceptors (Lipinski definition) is 3. The Morgan fingerprint density at radius 1 is 1.00 bits per heavy atom. The minimum absolute atomic E-state index is 0.238. The van der Waals surface area contributed by atoms with Crippen molar-refractivity contribution < 1.29 is 0 Å². The monoisotopic (exact) mass is 201 g/mol. The molecule has 0 aromatic heterocycles. The number of nitrogens with zero attached hydrogens (tertiary/aromatic N) is 3. The van der Waals surface area contributed by atoms with Gasteiger partial charge in [0.1, 0.15) is 0 Å². The van der Waals surface area contributed by atoms with E-state index in [1.54, 1.807) is 5.12 Å². The molecule has 0 unspecified atom stereocenters. The topological polar surface area (TPSA) is 28.0 Å². The quantitative estimate of drug-likeness (QED) is 0.686. The third kappa shape index (κ3) is 1.91. The van der Waals surface area contributed by atoms with Gasteiger partial charge in [0.05, 0.1) is 17.3 Å². The smallest absolute Gasteiger partial charge is 0.0638 e. The van der Waals surface area contributed by atoms with E-state index in [0.717, 1.165) is 11.4 Å². The number of rotatable bonds is 1. The Morgan fingerprint density at radius 3 is 2.07 bits per heavy atom. The summed E-state index contributed by atoms with van der Waals surface area (Å²) < 4.78 is 0. The molecule has 0 spiro atoms. The molecule has 3 nitrogen and oxygen atoms in total. The van der Waals surface area contributed by atoms with Crippen molar-refractivity contribution >= 4 is 11.4 Å². The molecule has 0 N–H and O–H groups in total. The molecule has 0 bridgehead atoms. The largest absolute Gasteiger partial charge is 0.188 e. The van der Waals surface area contributed by atoms with Crippen molar-refractivity contribution in [3.63, 3.8) is 0 Å². The van der Waals surface area contributed by atoms with Gasteiger partial charge in [-0.1, -0.05) is 30.3 Å². The zero-order chi connectivity index (χ0) is 10.8. The lowest BCUT2D eigenvalue weighted by atomic mass is 9.90. The molecule has 0 saturated carbocycles. The second-order valence-electron chi connectivity index (χ2n) is 3.82. The third-order valence-electron chi connectivity index (χ3n) is 2.57. The first-order valence-electron chi connectivity index (χ1n) is 5.07. The van der Waals surface area contributed by atoms with Gasteiger partial charge in [0.25, 0.3) is 0 Å². The van der Waals surface area contributed by atoms with Gasteiger partial charge in [0.15, 0.2) is 0 Å². The molecule has 0 amide bonds. The van der Waals surface area contributed by atoms with E-state index in [2.05, 4.69) is 22.3 Å². The molecule has 0 fully saturated rings. The zero-order valence-electron chi connectivity index (χ0n) is 9.31. The van der Waals surface area contributed by atoms with Gasteiger partial charge in [-0.2, -0.15) is 15.3 Å². The summed E-state index contributed by atoms with van der Waals surface area (Å²) in [5.74, 6) is 0.238. The van der Waals surface area contributed by atoms with Crippen LogP contribution in [-0.4, -0.2) is 23.6 Å². The molecule has 0 aliphatic carbocycles. The first kappa shape index (κ1) is 9.90. The summed E-state index contributed by atoms with van der Waals surface area (Å²) in [6, 6.07) is 10.4. The molecule has 0 saturated heterocycles. The molecule has 78 valence electrons. The Morgan fingerprint density at radius 2 is 1.53 bits per heavy atom. The van der Waals surface area contributed by atoms with Crippen LogP contribution in [-0.2, 0) is 0 Å². The summed E-state index contributed by atoms with van der Waals surface area (Å²) in [4.78, 5) is 0. The zero-order valence-corrected chi connectivity index (χ0v) is 9.31. The van der Waals surface area contributed by atoms with E-state index in [0.29, 0.717) is 0 Å². The van der Waals surface area contributed by atoms with Crippen LogP contribution < -0.4 is 0 Å². The van der Waals surface area contributed by atoms with Crippen LogP contribution in [0.25, 0.3) is 0 Å². The maximum absolute atomic E-state index is 4.35. The fourth-order valence-corrected chi connectivity index (χ4v) is 2.02. The predicted molar refractivity (Wildman–Crippen MR) is 63.2 cm³/mol. The number of benzene rings is 1. The maximum atomic E-state index is 4.35. The second-order valence-corrected chi connectivity index (χ2v) is 3.82. The van der Waals surface area contributed by atoms with Crippen LogP contribution in [0.1, 0.15) is 25.3 Å². The molecule has 2 rings (SSSR count). The molecule has 1 aromatic rings. The molecule has 1 aliphatic heterocycles. The van der Waals surface area contributed by atoms with Crippen molar-refractivity contribution in [1.82, 2.24) is 5.12 Å². The van der Waals surface area contributed by atoms with Gasteiger partial charge in [-0.05, 0) is 19.4 Å². The summed E-state index contributed by atoms with van der Waals surface area (Å²) in [5.41, 5.74) is 3.44. The highest BCUT2D eigenvalue weighted by Gasteiger charge is 2.22. The third-order valence-corrected chi connectivity index (χ3v) is 2.57. The molecule has 1 heterocycles. The summed E-state index contributed by atoms with van der Waals surface area (Å²) in [6.07, 6.45) is 0. The highest BCUT2D eigenvalue weighted by molar-refractivity contribution is 6.11. The Bertz CT molecular complexity index is 386. The molecular formula is C12H15N3. The Kier molecular flexibility index (Phi) is 2.54. The lowest BCUT2D eigenvalue weighted by Crippen LogP contribution is -2.26. The van der Waals surface area contributed by atoms with E-state index in [9.17, 15) is 0 Å². The van der Waals surface area contributed by atoms with Crippen LogP contribution in [0.5, 0.6) is 0 Å². The molecule has 0 radical (unpaired) electrons. The van der Waals surface area contributed by atoms with E-state index in [4.69, 9.17) is 0 Å². The molecule has 1 aromatic carbocycles. The van der Waals surface area contributed by atoms with Crippen molar-refractivity contribution in [1.29, 1.82) is 0 Å². The van der Waals surface area contributed by atoms with Crippen molar-refractivity contribution in [3.05, 3.63) is 35.9 Å². The standard InChI is InChI=1S/C12H15N3/c1-9-12(10(2)14-15(3)13-9)11-7-5-4-6-8-11/h4-8,12H,1-3H3. The average Bonchev–Trinajstić information content (AvgIpc) is 2.17. The lowest BCUT2D eigenvalue weighted by molar-refractivity contribution is 0.368. The predicted octanol–water partition coefficient (Wildman–Crippen LogP) is 2.47.